The lowest BCUT2D eigenvalue weighted by molar-refractivity contribution is -0.122. The van der Waals surface area contributed by atoms with E-state index >= 15 is 0 Å². The number of phenols is 1. The first-order valence-corrected chi connectivity index (χ1v) is 19.8. The Labute approximate surface area is 332 Å². The monoisotopic (exact) mass is 773 g/mol. The van der Waals surface area contributed by atoms with Crippen molar-refractivity contribution in [2.45, 2.75) is 44.4 Å². The molecule has 0 spiro atoms. The Bertz CT molecular complexity index is 2160. The summed E-state index contributed by atoms with van der Waals surface area (Å²) in [7, 11) is 0. The molecule has 2 heterocycles. The summed E-state index contributed by atoms with van der Waals surface area (Å²) in [6.45, 7) is 4.89. The normalized spacial score (nSPS) is 18.3. The van der Waals surface area contributed by atoms with Crippen LogP contribution in [-0.4, -0.2) is 84.1 Å². The minimum atomic E-state index is -0.863. The number of aromatic nitrogens is 1. The van der Waals surface area contributed by atoms with E-state index in [4.69, 9.17) is 9.47 Å². The number of nitrogens with zero attached hydrogens (tertiary/aromatic N) is 1. The molecule has 0 radical (unpaired) electrons. The number of likely N-dealkylation sites (tertiary alicyclic amines) is 1. The van der Waals surface area contributed by atoms with Crippen LogP contribution >= 0.6 is 0 Å². The first-order valence-electron chi connectivity index (χ1n) is 19.8. The number of pyridine rings is 1. The van der Waals surface area contributed by atoms with Crippen molar-refractivity contribution in [3.63, 3.8) is 0 Å². The predicted molar refractivity (Wildman–Crippen MR) is 220 cm³/mol. The fourth-order valence-corrected chi connectivity index (χ4v) is 8.12. The Hall–Kier alpha value is -5.53. The number of aliphatic hydroxyl groups is 1. The molecule has 4 aromatic carbocycles. The summed E-state index contributed by atoms with van der Waals surface area (Å²) in [5.41, 5.74) is 5.77. The Morgan fingerprint density at radius 2 is 1.58 bits per heavy atom. The van der Waals surface area contributed by atoms with Crippen molar-refractivity contribution >= 4 is 28.6 Å². The molecule has 1 aliphatic heterocycles. The van der Waals surface area contributed by atoms with E-state index in [-0.39, 0.29) is 41.8 Å². The van der Waals surface area contributed by atoms with Crippen LogP contribution < -0.4 is 21.5 Å². The lowest BCUT2D eigenvalue weighted by Gasteiger charge is -2.20. The van der Waals surface area contributed by atoms with E-state index in [1.807, 2.05) is 54.6 Å². The van der Waals surface area contributed by atoms with Gasteiger partial charge in [0.05, 0.1) is 30.5 Å². The Balaban J connectivity index is 0.732. The van der Waals surface area contributed by atoms with Gasteiger partial charge in [0.2, 0.25) is 11.5 Å². The molecule has 298 valence electrons. The van der Waals surface area contributed by atoms with Crippen molar-refractivity contribution in [2.75, 3.05) is 51.3 Å². The van der Waals surface area contributed by atoms with Crippen molar-refractivity contribution in [1.82, 2.24) is 20.5 Å². The van der Waals surface area contributed by atoms with Gasteiger partial charge in [0.1, 0.15) is 11.9 Å². The van der Waals surface area contributed by atoms with Gasteiger partial charge in [-0.3, -0.25) is 19.8 Å². The second-order valence-electron chi connectivity index (χ2n) is 15.0. The van der Waals surface area contributed by atoms with Crippen LogP contribution in [0.15, 0.2) is 108 Å². The number of aromatic hydroxyl groups is 1. The number of nitrogens with one attached hydrogen (secondary N) is 4. The summed E-state index contributed by atoms with van der Waals surface area (Å²) >= 11 is 0. The highest BCUT2D eigenvalue weighted by Crippen LogP contribution is 2.40. The minimum absolute atomic E-state index is 0.0571. The van der Waals surface area contributed by atoms with Crippen LogP contribution in [0, 0.1) is 11.8 Å². The van der Waals surface area contributed by atoms with Gasteiger partial charge in [-0.05, 0) is 71.6 Å². The first-order chi connectivity index (χ1) is 27.8. The van der Waals surface area contributed by atoms with Gasteiger partial charge in [0, 0.05) is 62.7 Å². The topological polar surface area (TPSA) is 165 Å². The molecule has 1 aromatic heterocycles. The highest BCUT2D eigenvalue weighted by atomic mass is 16.6. The van der Waals surface area contributed by atoms with Crippen molar-refractivity contribution in [1.29, 1.82) is 0 Å². The minimum Gasteiger partial charge on any atom is -0.506 e. The highest BCUT2D eigenvalue weighted by molar-refractivity contribution is 5.91. The molecule has 57 heavy (non-hydrogen) atoms. The molecule has 1 aliphatic carbocycles. The van der Waals surface area contributed by atoms with Crippen molar-refractivity contribution in [3.8, 4) is 16.9 Å². The number of benzene rings is 4. The number of ether oxygens (including phenoxy) is 2. The number of carbonyl (C=O) groups is 2. The zero-order valence-electron chi connectivity index (χ0n) is 32.0. The van der Waals surface area contributed by atoms with Crippen LogP contribution in [0.4, 0.5) is 10.5 Å². The number of para-hydroxylation sites is 1. The van der Waals surface area contributed by atoms with Crippen LogP contribution in [0.3, 0.4) is 0 Å². The van der Waals surface area contributed by atoms with E-state index < -0.39 is 12.2 Å². The number of H-pyrrole nitrogens is 1. The van der Waals surface area contributed by atoms with E-state index in [2.05, 4.69) is 50.1 Å². The van der Waals surface area contributed by atoms with Gasteiger partial charge < -0.3 is 35.3 Å². The quantitative estimate of drug-likeness (QED) is 0.0646. The second kappa shape index (κ2) is 19.1. The van der Waals surface area contributed by atoms with Gasteiger partial charge in [-0.2, -0.15) is 0 Å². The number of hydrogen-bond donors (Lipinski definition) is 6. The lowest BCUT2D eigenvalue weighted by Crippen LogP contribution is -2.34. The van der Waals surface area contributed by atoms with Crippen molar-refractivity contribution < 1.29 is 29.3 Å². The molecule has 1 saturated carbocycles. The number of carbonyl (C=O) groups excluding carboxylic acids is 2. The Morgan fingerprint density at radius 3 is 2.37 bits per heavy atom. The van der Waals surface area contributed by atoms with Gasteiger partial charge >= 0.3 is 6.09 Å². The Kier molecular flexibility index (Phi) is 13.3. The molecule has 2 aliphatic rings. The molecular weight excluding hydrogens is 723 g/mol. The number of phenolic OH excluding ortho intramolecular Hbond substituents is 1. The molecule has 4 atom stereocenters. The van der Waals surface area contributed by atoms with E-state index in [1.165, 1.54) is 23.3 Å². The van der Waals surface area contributed by atoms with Gasteiger partial charge in [-0.25, -0.2) is 4.79 Å². The summed E-state index contributed by atoms with van der Waals surface area (Å²) in [6, 6.07) is 32.5. The van der Waals surface area contributed by atoms with Crippen LogP contribution in [-0.2, 0) is 27.2 Å². The predicted octanol–water partition coefficient (Wildman–Crippen LogP) is 5.75. The van der Waals surface area contributed by atoms with Gasteiger partial charge in [0.15, 0.2) is 0 Å². The summed E-state index contributed by atoms with van der Waals surface area (Å²) < 4.78 is 11.6. The number of aliphatic hydroxyl groups excluding tert-OH is 1. The number of amides is 2. The van der Waals surface area contributed by atoms with Crippen LogP contribution in [0.5, 0.6) is 5.75 Å². The molecule has 7 rings (SSSR count). The molecule has 2 fully saturated rings. The van der Waals surface area contributed by atoms with E-state index in [9.17, 15) is 24.6 Å². The number of rotatable bonds is 17. The summed E-state index contributed by atoms with van der Waals surface area (Å²) in [4.78, 5) is 41.9. The van der Waals surface area contributed by atoms with Gasteiger partial charge in [-0.1, -0.05) is 78.9 Å². The molecule has 0 unspecified atom stereocenters. The maximum atomic E-state index is 12.9. The smallest absolute Gasteiger partial charge is 0.411 e. The molecule has 12 heteroatoms. The number of anilines is 1. The van der Waals surface area contributed by atoms with Gasteiger partial charge in [0.25, 0.3) is 0 Å². The SMILES string of the molecule is O=C(CCOCCc1ccc(CN2C[C@H]3C[C@H](OC(=O)Nc4ccccc4-c4ccccc4)C[C@H]3C2)cc1)NCCNC[C@H](O)c1ccc(O)c2[nH]c(=O)ccc12. The van der Waals surface area contributed by atoms with E-state index in [0.29, 0.717) is 49.1 Å². The average molecular weight is 774 g/mol. The van der Waals surface area contributed by atoms with Gasteiger partial charge in [-0.15, -0.1) is 0 Å². The second-order valence-corrected chi connectivity index (χ2v) is 15.0. The maximum Gasteiger partial charge on any atom is 0.411 e. The fraction of sp³-hybridized carbons (Fsp3) is 0.356. The van der Waals surface area contributed by atoms with Crippen LogP contribution in [0.2, 0.25) is 0 Å². The molecule has 5 aromatic rings. The molecule has 6 N–H and O–H groups in total. The zero-order valence-corrected chi connectivity index (χ0v) is 32.0. The number of aromatic amines is 1. The summed E-state index contributed by atoms with van der Waals surface area (Å²) in [6.07, 6.45) is 1.50. The first kappa shape index (κ1) is 39.7. The molecule has 2 amide bonds. The number of hydrogen-bond acceptors (Lipinski definition) is 9. The fourth-order valence-electron chi connectivity index (χ4n) is 8.12. The molecular formula is C45H51N5O7. The third-order valence-electron chi connectivity index (χ3n) is 11.0. The summed E-state index contributed by atoms with van der Waals surface area (Å²) in [5.74, 6) is 0.903. The Morgan fingerprint density at radius 1 is 0.842 bits per heavy atom. The third-order valence-corrected chi connectivity index (χ3v) is 11.0. The largest absolute Gasteiger partial charge is 0.506 e. The number of fused-ring (bicyclic) bond motifs is 2. The van der Waals surface area contributed by atoms with E-state index in [0.717, 1.165) is 55.7 Å². The standard InChI is InChI=1S/C45H51N5O7/c51-40-16-14-37(38-15-17-43(54)49-44(38)40)41(52)26-46-20-21-47-42(53)19-23-56-22-18-30-10-12-31(13-11-30)27-50-28-33-24-35(25-34(33)29-50)57-45(55)48-39-9-5-4-8-36(39)32-6-2-1-3-7-32/h1-17,33-35,41,46,51-52H,18-29H2,(H,47,53)(H,48,55)(H,49,54)/t33-,34+,35+,41-/m0/s1. The summed E-state index contributed by atoms with van der Waals surface area (Å²) in [5, 5.41) is 30.3. The van der Waals surface area contributed by atoms with Crippen molar-refractivity contribution in [3.05, 3.63) is 130 Å². The molecule has 1 saturated heterocycles. The van der Waals surface area contributed by atoms with Crippen molar-refractivity contribution in [2.24, 2.45) is 11.8 Å². The lowest BCUT2D eigenvalue weighted by atomic mass is 10.0. The van der Waals surface area contributed by atoms with Crippen LogP contribution in [0.1, 0.15) is 42.1 Å². The zero-order chi connectivity index (χ0) is 39.6. The highest BCUT2D eigenvalue weighted by Gasteiger charge is 2.42. The molecule has 0 bridgehead atoms. The van der Waals surface area contributed by atoms with Crippen LogP contribution in [0.25, 0.3) is 22.0 Å². The average Bonchev–Trinajstić information content (AvgIpc) is 3.76. The molecule has 12 nitrogen and oxygen atoms in total. The van der Waals surface area contributed by atoms with E-state index in [1.54, 1.807) is 12.1 Å². The maximum absolute atomic E-state index is 12.9. The third kappa shape index (κ3) is 10.7.